The molecule has 1 aliphatic heterocycles. The first-order chi connectivity index (χ1) is 10.6. The molecule has 0 spiro atoms. The molecule has 0 saturated carbocycles. The van der Waals surface area contributed by atoms with Gasteiger partial charge in [0.1, 0.15) is 24.4 Å². The summed E-state index contributed by atoms with van der Waals surface area (Å²) in [5.41, 5.74) is 0. The van der Waals surface area contributed by atoms with E-state index in [0.29, 0.717) is 6.29 Å². The normalized spacial score (nSPS) is 32.7. The summed E-state index contributed by atoms with van der Waals surface area (Å²) in [4.78, 5) is 11.5. The molecule has 1 saturated heterocycles. The first kappa shape index (κ1) is 22.2. The van der Waals surface area contributed by atoms with Crippen LogP contribution in [0, 0.1) is 0 Å². The molecule has 1 aliphatic rings. The van der Waals surface area contributed by atoms with Crippen LogP contribution in [0.4, 0.5) is 0 Å². The topological polar surface area (TPSA) is 74.2 Å². The molecule has 0 radical (unpaired) electrons. The van der Waals surface area contributed by atoms with Crippen LogP contribution < -0.4 is 0 Å². The van der Waals surface area contributed by atoms with Gasteiger partial charge in [0.25, 0.3) is 0 Å². The fraction of sp³-hybridized carbons (Fsp3) is 0.933. The molecule has 1 rings (SSSR count). The lowest BCUT2D eigenvalue weighted by molar-refractivity contribution is -0.261. The highest BCUT2D eigenvalue weighted by Gasteiger charge is 2.51. The first-order valence-corrected chi connectivity index (χ1v) is 18.7. The number of ether oxygens (including phenoxy) is 1. The van der Waals surface area contributed by atoms with Crippen molar-refractivity contribution in [1.82, 2.24) is 0 Å². The minimum absolute atomic E-state index is 0.519. The highest BCUT2D eigenvalue weighted by Crippen LogP contribution is 2.32. The Morgan fingerprint density at radius 3 is 1.50 bits per heavy atom. The lowest BCUT2D eigenvalue weighted by Crippen LogP contribution is -2.65. The van der Waals surface area contributed by atoms with Crippen molar-refractivity contribution >= 4 is 31.2 Å². The van der Waals surface area contributed by atoms with Crippen LogP contribution in [-0.4, -0.2) is 67.1 Å². The van der Waals surface area contributed by atoms with Crippen LogP contribution in [0.2, 0.25) is 58.9 Å². The van der Waals surface area contributed by atoms with Gasteiger partial charge in [0, 0.05) is 0 Å². The number of hydrogen-bond acceptors (Lipinski definition) is 6. The maximum Gasteiger partial charge on any atom is 0.184 e. The van der Waals surface area contributed by atoms with E-state index < -0.39 is 55.7 Å². The monoisotopic (exact) mass is 394 g/mol. The van der Waals surface area contributed by atoms with Crippen molar-refractivity contribution in [3.05, 3.63) is 0 Å². The molecule has 0 bridgehead atoms. The minimum Gasteiger partial charge on any atom is -0.409 e. The zero-order valence-electron chi connectivity index (χ0n) is 16.5. The van der Waals surface area contributed by atoms with Crippen LogP contribution in [0.5, 0.6) is 0 Å². The molecule has 0 aliphatic carbocycles. The van der Waals surface area contributed by atoms with Crippen LogP contribution in [0.25, 0.3) is 0 Å². The number of rotatable bonds is 7. The zero-order valence-corrected chi connectivity index (χ0v) is 19.5. The van der Waals surface area contributed by atoms with Crippen LogP contribution in [0.3, 0.4) is 0 Å². The largest absolute Gasteiger partial charge is 0.409 e. The van der Waals surface area contributed by atoms with Crippen molar-refractivity contribution in [2.75, 3.05) is 0 Å². The molecule has 6 nitrogen and oxygen atoms in total. The van der Waals surface area contributed by atoms with Crippen LogP contribution >= 0.6 is 0 Å². The average molecular weight is 395 g/mol. The van der Waals surface area contributed by atoms with Crippen molar-refractivity contribution in [3.63, 3.8) is 0 Å². The molecule has 0 amide bonds. The van der Waals surface area contributed by atoms with E-state index in [1.54, 1.807) is 0 Å². The highest BCUT2D eigenvalue weighted by atomic mass is 28.4. The molecule has 9 heteroatoms. The Morgan fingerprint density at radius 1 is 0.750 bits per heavy atom. The van der Waals surface area contributed by atoms with Gasteiger partial charge in [-0.1, -0.05) is 0 Å². The van der Waals surface area contributed by atoms with Gasteiger partial charge in [0.05, 0.1) is 0 Å². The smallest absolute Gasteiger partial charge is 0.184 e. The molecule has 1 fully saturated rings. The summed E-state index contributed by atoms with van der Waals surface area (Å²) in [6.45, 7) is 18.5. The second-order valence-electron chi connectivity index (χ2n) is 9.21. The van der Waals surface area contributed by atoms with Crippen molar-refractivity contribution in [2.24, 2.45) is 0 Å². The summed E-state index contributed by atoms with van der Waals surface area (Å²) in [6, 6.07) is 0. The molecule has 142 valence electrons. The molecular weight excluding hydrogens is 360 g/mol. The fourth-order valence-electron chi connectivity index (χ4n) is 2.58. The standard InChI is InChI=1S/C15H34O6Si3/c1-22(2,3)19-12-11(10-16)18-15(17)14(21-24(7,8)9)13(12)20-23(4,5)6/h10-15,17H,1-9H3/t11?,12-,13?,14-,15+/m1/s1. The lowest BCUT2D eigenvalue weighted by Gasteiger charge is -2.48. The van der Waals surface area contributed by atoms with Crippen molar-refractivity contribution in [3.8, 4) is 0 Å². The summed E-state index contributed by atoms with van der Waals surface area (Å²) in [5, 5.41) is 10.4. The maximum absolute atomic E-state index is 11.5. The Labute approximate surface area is 149 Å². The third kappa shape index (κ3) is 7.16. The predicted molar refractivity (Wildman–Crippen MR) is 102 cm³/mol. The van der Waals surface area contributed by atoms with Crippen molar-refractivity contribution in [1.29, 1.82) is 0 Å². The molecule has 2 unspecified atom stereocenters. The van der Waals surface area contributed by atoms with E-state index in [-0.39, 0.29) is 0 Å². The van der Waals surface area contributed by atoms with E-state index >= 15 is 0 Å². The third-order valence-electron chi connectivity index (χ3n) is 3.15. The molecule has 1 heterocycles. The SMILES string of the molecule is C[Si](C)(C)OC1[C@H](O[Si](C)(C)C)C(C=O)O[C@H](O)[C@@H]1O[Si](C)(C)C. The van der Waals surface area contributed by atoms with Crippen LogP contribution in [0.1, 0.15) is 0 Å². The van der Waals surface area contributed by atoms with E-state index in [0.717, 1.165) is 0 Å². The lowest BCUT2D eigenvalue weighted by atomic mass is 10.00. The molecule has 0 aromatic heterocycles. The number of carbonyl (C=O) groups is 1. The van der Waals surface area contributed by atoms with Gasteiger partial charge in [0.15, 0.2) is 37.5 Å². The number of aliphatic hydroxyl groups excluding tert-OH is 1. The third-order valence-corrected chi connectivity index (χ3v) is 6.09. The van der Waals surface area contributed by atoms with Crippen molar-refractivity contribution in [2.45, 2.75) is 89.6 Å². The van der Waals surface area contributed by atoms with E-state index in [1.807, 2.05) is 19.6 Å². The Balaban J connectivity index is 3.22. The zero-order chi connectivity index (χ0) is 18.9. The Morgan fingerprint density at radius 2 is 1.12 bits per heavy atom. The van der Waals surface area contributed by atoms with Gasteiger partial charge in [-0.2, -0.15) is 0 Å². The summed E-state index contributed by atoms with van der Waals surface area (Å²) < 4.78 is 24.3. The number of hydrogen-bond donors (Lipinski definition) is 1. The molecular formula is C15H34O6Si3. The maximum atomic E-state index is 11.5. The van der Waals surface area contributed by atoms with Gasteiger partial charge in [-0.3, -0.25) is 0 Å². The van der Waals surface area contributed by atoms with E-state index in [9.17, 15) is 9.90 Å². The second-order valence-corrected chi connectivity index (χ2v) is 22.6. The summed E-state index contributed by atoms with van der Waals surface area (Å²) in [6.07, 6.45) is -3.09. The Hall–Kier alpha value is 0.121. The summed E-state index contributed by atoms with van der Waals surface area (Å²) in [5.74, 6) is 0. The van der Waals surface area contributed by atoms with Gasteiger partial charge >= 0.3 is 0 Å². The quantitative estimate of drug-likeness (QED) is 0.528. The number of aldehydes is 1. The van der Waals surface area contributed by atoms with Gasteiger partial charge in [-0.05, 0) is 58.9 Å². The van der Waals surface area contributed by atoms with Crippen LogP contribution in [0.15, 0.2) is 0 Å². The van der Waals surface area contributed by atoms with Crippen molar-refractivity contribution < 1.29 is 27.9 Å². The average Bonchev–Trinajstić information content (AvgIpc) is 2.32. The minimum atomic E-state index is -1.96. The van der Waals surface area contributed by atoms with Crippen LogP contribution in [-0.2, 0) is 22.8 Å². The van der Waals surface area contributed by atoms with E-state index in [2.05, 4.69) is 39.3 Å². The van der Waals surface area contributed by atoms with Gasteiger partial charge in [-0.15, -0.1) is 0 Å². The number of carbonyl (C=O) groups excluding carboxylic acids is 1. The van der Waals surface area contributed by atoms with E-state index in [1.165, 1.54) is 0 Å². The Kier molecular flexibility index (Phi) is 7.19. The fourth-order valence-corrected chi connectivity index (χ4v) is 5.82. The number of aliphatic hydroxyl groups is 1. The second kappa shape index (κ2) is 7.79. The summed E-state index contributed by atoms with van der Waals surface area (Å²) in [7, 11) is -5.88. The Bertz CT molecular complexity index is 426. The molecule has 0 aromatic rings. The predicted octanol–water partition coefficient (Wildman–Crippen LogP) is 2.56. The van der Waals surface area contributed by atoms with Gasteiger partial charge in [0.2, 0.25) is 0 Å². The first-order valence-electron chi connectivity index (χ1n) is 8.45. The van der Waals surface area contributed by atoms with E-state index in [4.69, 9.17) is 18.0 Å². The molecule has 0 aromatic carbocycles. The highest BCUT2D eigenvalue weighted by molar-refractivity contribution is 6.70. The van der Waals surface area contributed by atoms with Gasteiger partial charge < -0.3 is 27.9 Å². The molecule has 1 N–H and O–H groups in total. The summed E-state index contributed by atoms with van der Waals surface area (Å²) >= 11 is 0. The molecule has 5 atom stereocenters. The molecule has 24 heavy (non-hydrogen) atoms. The van der Waals surface area contributed by atoms with Gasteiger partial charge in [-0.25, -0.2) is 0 Å².